The van der Waals surface area contributed by atoms with Crippen LogP contribution in [0.4, 0.5) is 5.82 Å². The lowest BCUT2D eigenvalue weighted by molar-refractivity contribution is 1.31. The molecule has 3 N–H and O–H groups in total. The van der Waals surface area contributed by atoms with Crippen LogP contribution in [0.2, 0.25) is 0 Å². The summed E-state index contributed by atoms with van der Waals surface area (Å²) >= 11 is 0. The molecule has 2 rings (SSSR count). The minimum absolute atomic E-state index is 0. The molecule has 4 nitrogen and oxygen atoms in total. The number of H-pyrrole nitrogens is 1. The Balaban J connectivity index is 0.000000605. The highest BCUT2D eigenvalue weighted by Crippen LogP contribution is 2.06. The van der Waals surface area contributed by atoms with Crippen LogP contribution in [-0.4, -0.2) is 15.0 Å². The van der Waals surface area contributed by atoms with E-state index < -0.39 is 0 Å². The predicted octanol–water partition coefficient (Wildman–Crippen LogP) is 1.38. The zero-order valence-electron chi connectivity index (χ0n) is 6.02. The fraction of sp³-hybridized carbons (Fsp3) is 0. The van der Waals surface area contributed by atoms with E-state index in [0.717, 1.165) is 5.52 Å². The highest BCUT2D eigenvalue weighted by molar-refractivity contribution is 5.85. The second-order valence-electron chi connectivity index (χ2n) is 2.01. The van der Waals surface area contributed by atoms with Crippen LogP contribution in [0, 0.1) is 0 Å². The zero-order chi connectivity index (χ0) is 6.97. The molecule has 0 amide bonds. The summed E-state index contributed by atoms with van der Waals surface area (Å²) in [5, 5.41) is 0. The molecule has 2 heterocycles. The van der Waals surface area contributed by atoms with Crippen LogP contribution in [0.1, 0.15) is 0 Å². The molecule has 0 unspecified atom stereocenters. The summed E-state index contributed by atoms with van der Waals surface area (Å²) in [4.78, 5) is 10.8. The summed E-state index contributed by atoms with van der Waals surface area (Å²) in [5.74, 6) is 0.500. The van der Waals surface area contributed by atoms with Crippen molar-refractivity contribution < 1.29 is 0 Å². The number of pyridine rings is 1. The van der Waals surface area contributed by atoms with E-state index in [4.69, 9.17) is 5.73 Å². The van der Waals surface area contributed by atoms with Crippen LogP contribution in [0.3, 0.4) is 0 Å². The third-order valence-corrected chi connectivity index (χ3v) is 1.30. The number of hydrogen-bond acceptors (Lipinski definition) is 3. The summed E-state index contributed by atoms with van der Waals surface area (Å²) in [6, 6.07) is 3.59. The zero-order valence-corrected chi connectivity index (χ0v) is 7.65. The first-order valence-electron chi connectivity index (χ1n) is 2.92. The number of aromatic amines is 1. The fourth-order valence-electron chi connectivity index (χ4n) is 0.837. The third kappa shape index (κ3) is 1.78. The van der Waals surface area contributed by atoms with Gasteiger partial charge < -0.3 is 10.7 Å². The molecule has 0 spiro atoms. The number of fused-ring (bicyclic) bond motifs is 1. The summed E-state index contributed by atoms with van der Waals surface area (Å²) in [5.41, 5.74) is 7.00. The number of nitrogens with one attached hydrogen (secondary N) is 1. The molecule has 0 aliphatic heterocycles. The van der Waals surface area contributed by atoms with Crippen LogP contribution in [0.15, 0.2) is 18.5 Å². The number of nitrogens with zero attached hydrogens (tertiary/aromatic N) is 2. The number of nitrogens with two attached hydrogens (primary N) is 1. The maximum Gasteiger partial charge on any atom is 0.179 e. The van der Waals surface area contributed by atoms with Gasteiger partial charge in [0.05, 0.1) is 11.8 Å². The molecule has 66 valence electrons. The van der Waals surface area contributed by atoms with Crippen molar-refractivity contribution in [2.24, 2.45) is 0 Å². The average Bonchev–Trinajstić information content (AvgIpc) is 2.33. The summed E-state index contributed by atoms with van der Waals surface area (Å²) < 4.78 is 0. The first-order chi connectivity index (χ1) is 4.86. The van der Waals surface area contributed by atoms with Crippen molar-refractivity contribution in [3.05, 3.63) is 18.5 Å². The van der Waals surface area contributed by atoms with Crippen LogP contribution >= 0.6 is 24.8 Å². The lowest BCUT2D eigenvalue weighted by Crippen LogP contribution is -1.88. The van der Waals surface area contributed by atoms with Gasteiger partial charge in [0.15, 0.2) is 5.65 Å². The molecule has 0 fully saturated rings. The van der Waals surface area contributed by atoms with Crippen LogP contribution < -0.4 is 5.73 Å². The first-order valence-corrected chi connectivity index (χ1v) is 2.92. The molecule has 12 heavy (non-hydrogen) atoms. The van der Waals surface area contributed by atoms with Gasteiger partial charge >= 0.3 is 0 Å². The van der Waals surface area contributed by atoms with Crippen molar-refractivity contribution in [2.75, 3.05) is 5.73 Å². The van der Waals surface area contributed by atoms with E-state index in [1.54, 1.807) is 12.4 Å². The van der Waals surface area contributed by atoms with E-state index in [2.05, 4.69) is 15.0 Å². The number of rotatable bonds is 0. The Hall–Kier alpha value is -1.00. The van der Waals surface area contributed by atoms with Crippen molar-refractivity contribution in [3.8, 4) is 0 Å². The molecule has 0 saturated heterocycles. The van der Waals surface area contributed by atoms with E-state index >= 15 is 0 Å². The normalized spacial score (nSPS) is 8.67. The Morgan fingerprint density at radius 2 is 2.00 bits per heavy atom. The molecule has 0 saturated carbocycles. The number of hydrogen-bond donors (Lipinski definition) is 2. The highest BCUT2D eigenvalue weighted by Gasteiger charge is 1.94. The summed E-state index contributed by atoms with van der Waals surface area (Å²) in [6.45, 7) is 0. The van der Waals surface area contributed by atoms with E-state index in [1.165, 1.54) is 0 Å². The summed E-state index contributed by atoms with van der Waals surface area (Å²) in [6.07, 6.45) is 1.59. The second-order valence-corrected chi connectivity index (χ2v) is 2.01. The third-order valence-electron chi connectivity index (χ3n) is 1.30. The molecular formula is C6H8Cl2N4. The lowest BCUT2D eigenvalue weighted by Gasteiger charge is -1.88. The second kappa shape index (κ2) is 4.13. The Kier molecular flexibility index (Phi) is 3.79. The fourth-order valence-corrected chi connectivity index (χ4v) is 0.837. The first kappa shape index (κ1) is 11.0. The quantitative estimate of drug-likeness (QED) is 0.685. The van der Waals surface area contributed by atoms with Gasteiger partial charge in [-0.2, -0.15) is 0 Å². The van der Waals surface area contributed by atoms with Gasteiger partial charge in [-0.3, -0.25) is 0 Å². The minimum Gasteiger partial charge on any atom is -0.384 e. The number of halogens is 2. The number of anilines is 1. The molecule has 0 radical (unpaired) electrons. The maximum absolute atomic E-state index is 5.42. The Morgan fingerprint density at radius 3 is 2.75 bits per heavy atom. The van der Waals surface area contributed by atoms with Crippen LogP contribution in [-0.2, 0) is 0 Å². The molecule has 0 aliphatic rings. The molecule has 0 bridgehead atoms. The average molecular weight is 207 g/mol. The van der Waals surface area contributed by atoms with Crippen molar-refractivity contribution in [2.45, 2.75) is 0 Å². The van der Waals surface area contributed by atoms with Crippen molar-refractivity contribution in [1.82, 2.24) is 15.0 Å². The maximum atomic E-state index is 5.42. The van der Waals surface area contributed by atoms with Crippen LogP contribution in [0.25, 0.3) is 11.2 Å². The largest absolute Gasteiger partial charge is 0.384 e. The Bertz CT molecular complexity index is 359. The minimum atomic E-state index is 0. The van der Waals surface area contributed by atoms with Gasteiger partial charge in [0.2, 0.25) is 0 Å². The highest BCUT2D eigenvalue weighted by atomic mass is 35.5. The Morgan fingerprint density at radius 1 is 1.25 bits per heavy atom. The van der Waals surface area contributed by atoms with E-state index in [-0.39, 0.29) is 24.8 Å². The number of nitrogen functional groups attached to an aromatic ring is 1. The summed E-state index contributed by atoms with van der Waals surface area (Å²) in [7, 11) is 0. The van der Waals surface area contributed by atoms with Crippen molar-refractivity contribution >= 4 is 41.8 Å². The number of imidazole rings is 1. The van der Waals surface area contributed by atoms with E-state index in [0.29, 0.717) is 11.5 Å². The van der Waals surface area contributed by atoms with Gasteiger partial charge in [0, 0.05) is 0 Å². The van der Waals surface area contributed by atoms with Gasteiger partial charge in [0.25, 0.3) is 0 Å². The van der Waals surface area contributed by atoms with Gasteiger partial charge in [-0.1, -0.05) is 0 Å². The van der Waals surface area contributed by atoms with Gasteiger partial charge in [-0.25, -0.2) is 9.97 Å². The molecule has 6 heteroatoms. The van der Waals surface area contributed by atoms with Gasteiger partial charge in [-0.05, 0) is 12.1 Å². The lowest BCUT2D eigenvalue weighted by atomic mass is 10.4. The van der Waals surface area contributed by atoms with E-state index in [1.807, 2.05) is 6.07 Å². The Labute approximate surface area is 81.4 Å². The smallest absolute Gasteiger partial charge is 0.179 e. The van der Waals surface area contributed by atoms with Crippen molar-refractivity contribution in [3.63, 3.8) is 0 Å². The number of aromatic nitrogens is 3. The van der Waals surface area contributed by atoms with Crippen molar-refractivity contribution in [1.29, 1.82) is 0 Å². The topological polar surface area (TPSA) is 67.6 Å². The molecule has 2 aromatic rings. The monoisotopic (exact) mass is 206 g/mol. The molecule has 0 aliphatic carbocycles. The molecule has 0 atom stereocenters. The molecular weight excluding hydrogens is 199 g/mol. The van der Waals surface area contributed by atoms with Crippen LogP contribution in [0.5, 0.6) is 0 Å². The standard InChI is InChI=1S/C6H6N4.2ClH/c7-5-2-1-4-6(10-5)9-3-8-4;;/h1-3H,(H3,7,8,9,10);2*1H. The van der Waals surface area contributed by atoms with Gasteiger partial charge in [-0.15, -0.1) is 24.8 Å². The predicted molar refractivity (Wildman–Crippen MR) is 52.8 cm³/mol. The molecule has 2 aromatic heterocycles. The van der Waals surface area contributed by atoms with Gasteiger partial charge in [0.1, 0.15) is 5.82 Å². The SMILES string of the molecule is Cl.Cl.Nc1ccc2[nH]cnc2n1. The molecule has 0 aromatic carbocycles. The van der Waals surface area contributed by atoms with E-state index in [9.17, 15) is 0 Å².